The number of nitrogens with zero attached hydrogens (tertiary/aromatic N) is 2. The minimum atomic E-state index is -1.16. The van der Waals surface area contributed by atoms with Gasteiger partial charge in [-0.05, 0) is 18.2 Å². The lowest BCUT2D eigenvalue weighted by Crippen LogP contribution is -2.14. The molecule has 6 nitrogen and oxygen atoms in total. The number of hydrogen-bond donors (Lipinski definition) is 1. The largest absolute Gasteiger partial charge is 0.322 e. The molecule has 2 aromatic rings. The van der Waals surface area contributed by atoms with Crippen LogP contribution in [0.25, 0.3) is 0 Å². The third kappa shape index (κ3) is 3.29. The number of benzene rings is 1. The van der Waals surface area contributed by atoms with Crippen molar-refractivity contribution in [1.29, 1.82) is 0 Å². The van der Waals surface area contributed by atoms with Gasteiger partial charge in [-0.1, -0.05) is 11.6 Å². The number of nitrogens with one attached hydrogen (secondary N) is 1. The number of anilines is 1. The molecule has 1 amide bonds. The average Bonchev–Trinajstić information content (AvgIpc) is 2.42. The number of hydrogen-bond acceptors (Lipinski definition) is 4. The molecule has 0 aliphatic heterocycles. The summed E-state index contributed by atoms with van der Waals surface area (Å²) in [5, 5.41) is 12.9. The van der Waals surface area contributed by atoms with Crippen molar-refractivity contribution < 1.29 is 18.5 Å². The van der Waals surface area contributed by atoms with Crippen molar-refractivity contribution in [3.05, 3.63) is 62.9 Å². The second-order valence-corrected chi connectivity index (χ2v) is 4.25. The molecule has 1 N–H and O–H groups in total. The van der Waals surface area contributed by atoms with E-state index in [0.717, 1.165) is 30.5 Å². The van der Waals surface area contributed by atoms with Gasteiger partial charge in [0.25, 0.3) is 11.6 Å². The number of carbonyl (C=O) groups is 1. The summed E-state index contributed by atoms with van der Waals surface area (Å²) in [7, 11) is 0. The highest BCUT2D eigenvalue weighted by Gasteiger charge is 2.21. The van der Waals surface area contributed by atoms with Crippen LogP contribution in [0.4, 0.5) is 20.2 Å². The first-order chi connectivity index (χ1) is 9.88. The maximum Gasteiger partial charge on any atom is 0.300 e. The summed E-state index contributed by atoms with van der Waals surface area (Å²) in [5.74, 6) is -3.13. The molecule has 108 valence electrons. The maximum absolute atomic E-state index is 13.0. The second kappa shape index (κ2) is 5.80. The van der Waals surface area contributed by atoms with Gasteiger partial charge < -0.3 is 5.32 Å². The molecule has 0 spiro atoms. The number of amides is 1. The average molecular weight is 314 g/mol. The van der Waals surface area contributed by atoms with E-state index < -0.39 is 28.2 Å². The molecule has 0 aliphatic rings. The Labute approximate surface area is 121 Å². The Kier molecular flexibility index (Phi) is 4.08. The summed E-state index contributed by atoms with van der Waals surface area (Å²) >= 11 is 5.59. The molecule has 21 heavy (non-hydrogen) atoms. The van der Waals surface area contributed by atoms with Crippen LogP contribution in [0.15, 0.2) is 30.5 Å². The summed E-state index contributed by atoms with van der Waals surface area (Å²) in [6.07, 6.45) is 0.836. The van der Waals surface area contributed by atoms with Crippen LogP contribution in [-0.2, 0) is 0 Å². The first kappa shape index (κ1) is 14.8. The Morgan fingerprint density at radius 3 is 2.62 bits per heavy atom. The molecule has 1 aromatic heterocycles. The van der Waals surface area contributed by atoms with Gasteiger partial charge in [0, 0.05) is 11.8 Å². The first-order valence-electron chi connectivity index (χ1n) is 5.45. The monoisotopic (exact) mass is 313 g/mol. The number of pyridine rings is 1. The van der Waals surface area contributed by atoms with E-state index in [1.807, 2.05) is 0 Å². The predicted molar refractivity (Wildman–Crippen MR) is 70.2 cm³/mol. The van der Waals surface area contributed by atoms with Gasteiger partial charge in [0.15, 0.2) is 11.6 Å². The molecular formula is C12H6ClF2N3O3. The van der Waals surface area contributed by atoms with Crippen LogP contribution >= 0.6 is 11.6 Å². The second-order valence-electron chi connectivity index (χ2n) is 3.86. The van der Waals surface area contributed by atoms with Crippen LogP contribution in [0.5, 0.6) is 0 Å². The van der Waals surface area contributed by atoms with Crippen LogP contribution in [-0.4, -0.2) is 15.8 Å². The highest BCUT2D eigenvalue weighted by Crippen LogP contribution is 2.22. The fourth-order valence-corrected chi connectivity index (χ4v) is 1.68. The van der Waals surface area contributed by atoms with Gasteiger partial charge in [0.05, 0.1) is 4.92 Å². The molecule has 0 atom stereocenters. The zero-order valence-corrected chi connectivity index (χ0v) is 10.9. The third-order valence-corrected chi connectivity index (χ3v) is 2.68. The fraction of sp³-hybridized carbons (Fsp3) is 0. The lowest BCUT2D eigenvalue weighted by atomic mass is 10.2. The van der Waals surface area contributed by atoms with Gasteiger partial charge in [-0.2, -0.15) is 0 Å². The Morgan fingerprint density at radius 2 is 2.00 bits per heavy atom. The van der Waals surface area contributed by atoms with E-state index >= 15 is 0 Å². The lowest BCUT2D eigenvalue weighted by molar-refractivity contribution is -0.385. The Balaban J connectivity index is 2.34. The number of rotatable bonds is 3. The van der Waals surface area contributed by atoms with E-state index in [1.54, 1.807) is 0 Å². The maximum atomic E-state index is 13.0. The topological polar surface area (TPSA) is 85.1 Å². The van der Waals surface area contributed by atoms with Gasteiger partial charge in [0.1, 0.15) is 16.9 Å². The van der Waals surface area contributed by atoms with Crippen molar-refractivity contribution in [3.63, 3.8) is 0 Å². The van der Waals surface area contributed by atoms with Crippen LogP contribution in [0.2, 0.25) is 5.15 Å². The van der Waals surface area contributed by atoms with E-state index in [4.69, 9.17) is 11.6 Å². The molecule has 1 aromatic carbocycles. The standard InChI is InChI=1S/C12H6ClF2N3O3/c13-11-4-7(10(5-16-11)18(20)21)12(19)17-6-1-2-8(14)9(15)3-6/h1-5H,(H,17,19). The minimum Gasteiger partial charge on any atom is -0.322 e. The first-order valence-corrected chi connectivity index (χ1v) is 5.82. The SMILES string of the molecule is O=C(Nc1ccc(F)c(F)c1)c1cc(Cl)ncc1[N+](=O)[O-]. The summed E-state index contributed by atoms with van der Waals surface area (Å²) in [4.78, 5) is 25.5. The Morgan fingerprint density at radius 1 is 1.29 bits per heavy atom. The van der Waals surface area contributed by atoms with Crippen molar-refractivity contribution in [1.82, 2.24) is 4.98 Å². The van der Waals surface area contributed by atoms with Crippen LogP contribution in [0, 0.1) is 21.7 Å². The number of nitro groups is 1. The molecule has 0 fully saturated rings. The zero-order valence-electron chi connectivity index (χ0n) is 10.1. The van der Waals surface area contributed by atoms with Crippen molar-refractivity contribution in [2.24, 2.45) is 0 Å². The number of carbonyl (C=O) groups excluding carboxylic acids is 1. The molecule has 0 bridgehead atoms. The van der Waals surface area contributed by atoms with Crippen LogP contribution in [0.3, 0.4) is 0 Å². The zero-order chi connectivity index (χ0) is 15.6. The number of aromatic nitrogens is 1. The van der Waals surface area contributed by atoms with Gasteiger partial charge in [-0.25, -0.2) is 13.8 Å². The molecule has 0 radical (unpaired) electrons. The van der Waals surface area contributed by atoms with Gasteiger partial charge in [-0.15, -0.1) is 0 Å². The summed E-state index contributed by atoms with van der Waals surface area (Å²) in [5.41, 5.74) is -0.953. The lowest BCUT2D eigenvalue weighted by Gasteiger charge is -2.06. The van der Waals surface area contributed by atoms with E-state index in [-0.39, 0.29) is 16.4 Å². The van der Waals surface area contributed by atoms with Gasteiger partial charge >= 0.3 is 0 Å². The fourth-order valence-electron chi connectivity index (χ4n) is 1.52. The molecule has 0 saturated heterocycles. The quantitative estimate of drug-likeness (QED) is 0.536. The summed E-state index contributed by atoms with van der Waals surface area (Å²) in [6, 6.07) is 3.70. The van der Waals surface area contributed by atoms with Crippen molar-refractivity contribution in [2.45, 2.75) is 0 Å². The van der Waals surface area contributed by atoms with Crippen molar-refractivity contribution in [2.75, 3.05) is 5.32 Å². The van der Waals surface area contributed by atoms with Gasteiger partial charge in [0.2, 0.25) is 0 Å². The summed E-state index contributed by atoms with van der Waals surface area (Å²) in [6.45, 7) is 0. The van der Waals surface area contributed by atoms with E-state index in [2.05, 4.69) is 10.3 Å². The van der Waals surface area contributed by atoms with Crippen LogP contribution in [0.1, 0.15) is 10.4 Å². The van der Waals surface area contributed by atoms with E-state index in [0.29, 0.717) is 0 Å². The third-order valence-electron chi connectivity index (χ3n) is 2.47. The molecule has 2 rings (SSSR count). The highest BCUT2D eigenvalue weighted by atomic mass is 35.5. The number of halogens is 3. The smallest absolute Gasteiger partial charge is 0.300 e. The molecule has 1 heterocycles. The van der Waals surface area contributed by atoms with E-state index in [9.17, 15) is 23.7 Å². The minimum absolute atomic E-state index is 0.0545. The van der Waals surface area contributed by atoms with Crippen LogP contribution < -0.4 is 5.32 Å². The molecule has 0 aliphatic carbocycles. The molecular weight excluding hydrogens is 308 g/mol. The molecule has 0 unspecified atom stereocenters. The van der Waals surface area contributed by atoms with E-state index in [1.165, 1.54) is 0 Å². The molecule has 9 heteroatoms. The van der Waals surface area contributed by atoms with Gasteiger partial charge in [-0.3, -0.25) is 14.9 Å². The molecule has 0 saturated carbocycles. The predicted octanol–water partition coefficient (Wildman–Crippen LogP) is 3.17. The van der Waals surface area contributed by atoms with Crippen molar-refractivity contribution in [3.8, 4) is 0 Å². The summed E-state index contributed by atoms with van der Waals surface area (Å²) < 4.78 is 25.8. The Hall–Kier alpha value is -2.61. The Bertz CT molecular complexity index is 740. The van der Waals surface area contributed by atoms with Crippen molar-refractivity contribution >= 4 is 28.9 Å². The highest BCUT2D eigenvalue weighted by molar-refractivity contribution is 6.30. The normalized spacial score (nSPS) is 10.2.